The van der Waals surface area contributed by atoms with Crippen molar-refractivity contribution in [1.82, 2.24) is 9.38 Å². The van der Waals surface area contributed by atoms with Crippen molar-refractivity contribution in [1.29, 1.82) is 0 Å². The summed E-state index contributed by atoms with van der Waals surface area (Å²) in [6.45, 7) is 2.54. The van der Waals surface area contributed by atoms with Gasteiger partial charge in [-0.2, -0.15) is 0 Å². The van der Waals surface area contributed by atoms with Crippen LogP contribution in [0.25, 0.3) is 22.1 Å². The predicted molar refractivity (Wildman–Crippen MR) is 139 cm³/mol. The Balaban J connectivity index is 1.51. The number of fused-ring (bicyclic) bond motifs is 3. The van der Waals surface area contributed by atoms with Crippen LogP contribution in [0.3, 0.4) is 0 Å². The summed E-state index contributed by atoms with van der Waals surface area (Å²) in [4.78, 5) is 18.3. The SMILES string of the molecule is CCOc1cc(/C=c2\sc3nc4ccccc4n3c2=O)cc(Cl)c1OCc1ccc(Cl)c(Cl)c1. The van der Waals surface area contributed by atoms with E-state index in [0.29, 0.717) is 42.7 Å². The molecular weight excluding hydrogens is 515 g/mol. The Hall–Kier alpha value is -2.77. The molecule has 5 aromatic rings. The lowest BCUT2D eigenvalue weighted by Gasteiger charge is -2.15. The number of rotatable bonds is 6. The number of hydrogen-bond donors (Lipinski definition) is 0. The zero-order valence-corrected chi connectivity index (χ0v) is 20.9. The van der Waals surface area contributed by atoms with E-state index in [-0.39, 0.29) is 12.2 Å². The van der Waals surface area contributed by atoms with Gasteiger partial charge in [0.2, 0.25) is 0 Å². The second kappa shape index (κ2) is 9.47. The van der Waals surface area contributed by atoms with Crippen LogP contribution in [0.15, 0.2) is 59.4 Å². The molecule has 0 fully saturated rings. The number of imidazole rings is 1. The summed E-state index contributed by atoms with van der Waals surface area (Å²) in [6.07, 6.45) is 1.79. The Morgan fingerprint density at radius 1 is 1.00 bits per heavy atom. The van der Waals surface area contributed by atoms with Gasteiger partial charge in [0.1, 0.15) is 6.61 Å². The summed E-state index contributed by atoms with van der Waals surface area (Å²) in [7, 11) is 0. The molecule has 5 rings (SSSR count). The Morgan fingerprint density at radius 3 is 2.62 bits per heavy atom. The van der Waals surface area contributed by atoms with Crippen LogP contribution in [0.4, 0.5) is 0 Å². The van der Waals surface area contributed by atoms with E-state index in [4.69, 9.17) is 44.3 Å². The van der Waals surface area contributed by atoms with Crippen LogP contribution < -0.4 is 19.6 Å². The molecule has 0 aliphatic rings. The quantitative estimate of drug-likeness (QED) is 0.255. The van der Waals surface area contributed by atoms with Crippen LogP contribution in [0.5, 0.6) is 11.5 Å². The van der Waals surface area contributed by atoms with Crippen LogP contribution in [-0.4, -0.2) is 16.0 Å². The molecular formula is C25H17Cl3N2O3S. The maximum atomic E-state index is 13.1. The molecule has 3 aromatic carbocycles. The van der Waals surface area contributed by atoms with Gasteiger partial charge in [0, 0.05) is 0 Å². The van der Waals surface area contributed by atoms with Crippen molar-refractivity contribution < 1.29 is 9.47 Å². The van der Waals surface area contributed by atoms with Gasteiger partial charge < -0.3 is 9.47 Å². The van der Waals surface area contributed by atoms with Crippen LogP contribution in [-0.2, 0) is 6.61 Å². The second-order valence-corrected chi connectivity index (χ2v) is 9.67. The van der Waals surface area contributed by atoms with Gasteiger partial charge in [0.05, 0.1) is 37.2 Å². The fourth-order valence-electron chi connectivity index (χ4n) is 3.62. The van der Waals surface area contributed by atoms with E-state index < -0.39 is 0 Å². The minimum atomic E-state index is -0.122. The number of thiazole rings is 1. The molecule has 0 aliphatic heterocycles. The van der Waals surface area contributed by atoms with Gasteiger partial charge in [-0.1, -0.05) is 64.3 Å². The molecule has 0 bridgehead atoms. The molecule has 0 amide bonds. The van der Waals surface area contributed by atoms with E-state index in [1.54, 1.807) is 34.7 Å². The van der Waals surface area contributed by atoms with Crippen molar-refractivity contribution in [3.05, 3.63) is 95.7 Å². The lowest BCUT2D eigenvalue weighted by atomic mass is 10.2. The van der Waals surface area contributed by atoms with E-state index in [1.807, 2.05) is 37.3 Å². The van der Waals surface area contributed by atoms with Crippen molar-refractivity contribution in [3.63, 3.8) is 0 Å². The maximum absolute atomic E-state index is 13.1. The summed E-state index contributed by atoms with van der Waals surface area (Å²) in [5.74, 6) is 0.904. The Bertz CT molecular complexity index is 1650. The highest BCUT2D eigenvalue weighted by Crippen LogP contribution is 2.37. The number of para-hydroxylation sites is 2. The van der Waals surface area contributed by atoms with Gasteiger partial charge in [-0.05, 0) is 60.5 Å². The first-order valence-electron chi connectivity index (χ1n) is 10.4. The summed E-state index contributed by atoms with van der Waals surface area (Å²) in [5.41, 5.74) is 3.03. The molecule has 2 aromatic heterocycles. The zero-order chi connectivity index (χ0) is 23.8. The van der Waals surface area contributed by atoms with Crippen molar-refractivity contribution in [2.75, 3.05) is 6.61 Å². The molecule has 34 heavy (non-hydrogen) atoms. The number of halogens is 3. The van der Waals surface area contributed by atoms with E-state index >= 15 is 0 Å². The highest BCUT2D eigenvalue weighted by molar-refractivity contribution is 7.15. The smallest absolute Gasteiger partial charge is 0.274 e. The zero-order valence-electron chi connectivity index (χ0n) is 17.8. The monoisotopic (exact) mass is 530 g/mol. The standard InChI is InChI=1S/C25H17Cl3N2O3S/c1-2-32-21-11-15(10-18(28)23(21)33-13-14-7-8-16(26)17(27)9-14)12-22-24(31)30-20-6-4-3-5-19(20)29-25(30)34-22/h3-12H,2,13H2,1H3/b22-12-. The fourth-order valence-corrected chi connectivity index (χ4v) is 5.20. The molecule has 5 nitrogen and oxygen atoms in total. The van der Waals surface area contributed by atoms with Crippen molar-refractivity contribution in [2.45, 2.75) is 13.5 Å². The highest BCUT2D eigenvalue weighted by Gasteiger charge is 2.15. The Labute approximate surface area is 213 Å². The van der Waals surface area contributed by atoms with Gasteiger partial charge in [-0.3, -0.25) is 4.79 Å². The van der Waals surface area contributed by atoms with Gasteiger partial charge in [0.25, 0.3) is 5.56 Å². The molecule has 0 saturated carbocycles. The topological polar surface area (TPSA) is 52.8 Å². The van der Waals surface area contributed by atoms with E-state index in [0.717, 1.165) is 22.2 Å². The van der Waals surface area contributed by atoms with E-state index in [2.05, 4.69) is 4.98 Å². The number of hydrogen-bond acceptors (Lipinski definition) is 5. The molecule has 0 saturated heterocycles. The average Bonchev–Trinajstić information content (AvgIpc) is 3.32. The minimum Gasteiger partial charge on any atom is -0.490 e. The fraction of sp³-hybridized carbons (Fsp3) is 0.120. The Morgan fingerprint density at radius 2 is 1.82 bits per heavy atom. The first kappa shape index (κ1) is 23.0. The summed E-state index contributed by atoms with van der Waals surface area (Å²) in [5, 5.41) is 1.30. The van der Waals surface area contributed by atoms with E-state index in [1.165, 1.54) is 11.3 Å². The first-order chi connectivity index (χ1) is 16.4. The van der Waals surface area contributed by atoms with Crippen LogP contribution >= 0.6 is 46.1 Å². The third-order valence-electron chi connectivity index (χ3n) is 5.14. The largest absolute Gasteiger partial charge is 0.490 e. The van der Waals surface area contributed by atoms with Crippen molar-refractivity contribution in [2.24, 2.45) is 0 Å². The first-order valence-corrected chi connectivity index (χ1v) is 12.3. The summed E-state index contributed by atoms with van der Waals surface area (Å²) >= 11 is 20.0. The summed E-state index contributed by atoms with van der Waals surface area (Å²) in [6, 6.07) is 16.4. The van der Waals surface area contributed by atoms with Gasteiger partial charge in [-0.25, -0.2) is 9.38 Å². The van der Waals surface area contributed by atoms with E-state index in [9.17, 15) is 4.79 Å². The predicted octanol–water partition coefficient (Wildman–Crippen LogP) is 6.39. The van der Waals surface area contributed by atoms with Gasteiger partial charge >= 0.3 is 0 Å². The van der Waals surface area contributed by atoms with Crippen molar-refractivity contribution in [3.8, 4) is 11.5 Å². The number of nitrogens with zero attached hydrogens (tertiary/aromatic N) is 2. The molecule has 0 unspecified atom stereocenters. The maximum Gasteiger partial charge on any atom is 0.274 e. The van der Waals surface area contributed by atoms with Crippen LogP contribution in [0.1, 0.15) is 18.1 Å². The average molecular weight is 532 g/mol. The molecule has 0 radical (unpaired) electrons. The number of benzene rings is 3. The molecule has 0 N–H and O–H groups in total. The third-order valence-corrected chi connectivity index (χ3v) is 7.13. The summed E-state index contributed by atoms with van der Waals surface area (Å²) < 4.78 is 13.9. The number of aromatic nitrogens is 2. The van der Waals surface area contributed by atoms with Gasteiger partial charge in [-0.15, -0.1) is 0 Å². The lowest BCUT2D eigenvalue weighted by Crippen LogP contribution is -2.22. The molecule has 2 heterocycles. The molecule has 0 spiro atoms. The highest BCUT2D eigenvalue weighted by atomic mass is 35.5. The van der Waals surface area contributed by atoms with Crippen LogP contribution in [0.2, 0.25) is 15.1 Å². The van der Waals surface area contributed by atoms with Crippen LogP contribution in [0, 0.1) is 0 Å². The molecule has 0 aliphatic carbocycles. The molecule has 172 valence electrons. The second-order valence-electron chi connectivity index (χ2n) is 7.43. The van der Waals surface area contributed by atoms with Crippen molar-refractivity contribution >= 4 is 68.2 Å². The third kappa shape index (κ3) is 4.34. The number of ether oxygens (including phenoxy) is 2. The normalized spacial score (nSPS) is 12.1. The van der Waals surface area contributed by atoms with Gasteiger partial charge in [0.15, 0.2) is 16.5 Å². The minimum absolute atomic E-state index is 0.122. The Kier molecular flexibility index (Phi) is 6.40. The molecule has 9 heteroatoms. The molecule has 0 atom stereocenters. The lowest BCUT2D eigenvalue weighted by molar-refractivity contribution is 0.269.